The Morgan fingerprint density at radius 3 is 2.00 bits per heavy atom. The first kappa shape index (κ1) is 30.6. The Bertz CT molecular complexity index is 1510. The molecular weight excluding hydrogens is 563 g/mol. The molecule has 1 N–H and O–H groups in total. The molecular formula is C37H47N5OS. The van der Waals surface area contributed by atoms with Gasteiger partial charge in [-0.1, -0.05) is 92.6 Å². The van der Waals surface area contributed by atoms with E-state index in [4.69, 9.17) is 12.2 Å². The second kappa shape index (κ2) is 14.6. The van der Waals surface area contributed by atoms with E-state index >= 15 is 0 Å². The van der Waals surface area contributed by atoms with Crippen molar-refractivity contribution in [1.29, 1.82) is 0 Å². The Morgan fingerprint density at radius 1 is 0.795 bits per heavy atom. The summed E-state index contributed by atoms with van der Waals surface area (Å²) in [6.07, 6.45) is 8.10. The van der Waals surface area contributed by atoms with Crippen molar-refractivity contribution in [2.45, 2.75) is 70.5 Å². The van der Waals surface area contributed by atoms with Crippen LogP contribution in [0.15, 0.2) is 89.7 Å². The molecule has 0 radical (unpaired) electrons. The molecule has 7 heteroatoms. The lowest BCUT2D eigenvalue weighted by Gasteiger charge is -2.35. The maximum atomic E-state index is 13.9. The van der Waals surface area contributed by atoms with Crippen LogP contribution >= 0.6 is 12.2 Å². The zero-order valence-electron chi connectivity index (χ0n) is 26.1. The molecule has 2 aliphatic rings. The molecule has 44 heavy (non-hydrogen) atoms. The first-order valence-corrected chi connectivity index (χ1v) is 17.1. The van der Waals surface area contributed by atoms with Gasteiger partial charge in [0.05, 0.1) is 17.1 Å². The predicted molar refractivity (Wildman–Crippen MR) is 185 cm³/mol. The molecule has 3 heterocycles. The third-order valence-corrected chi connectivity index (χ3v) is 10.2. The molecule has 3 aromatic carbocycles. The van der Waals surface area contributed by atoms with E-state index in [9.17, 15) is 4.79 Å². The lowest BCUT2D eigenvalue weighted by Crippen LogP contribution is -2.46. The smallest absolute Gasteiger partial charge is 0.329 e. The van der Waals surface area contributed by atoms with E-state index in [1.807, 2.05) is 16.7 Å². The van der Waals surface area contributed by atoms with Gasteiger partial charge in [-0.15, -0.1) is 0 Å². The number of imidazole rings is 1. The van der Waals surface area contributed by atoms with Crippen LogP contribution in [0.4, 0.5) is 0 Å². The largest absolute Gasteiger partial charge is 0.352 e. The Labute approximate surface area is 267 Å². The molecule has 1 aromatic heterocycles. The van der Waals surface area contributed by atoms with Crippen molar-refractivity contribution in [3.05, 3.63) is 107 Å². The zero-order valence-corrected chi connectivity index (χ0v) is 26.9. The number of benzene rings is 3. The number of thiocarbonyl (C=S) groups is 1. The molecule has 2 saturated heterocycles. The van der Waals surface area contributed by atoms with E-state index in [0.29, 0.717) is 0 Å². The number of hydrogen-bond donors (Lipinski definition) is 1. The second-order valence-electron chi connectivity index (χ2n) is 12.6. The molecule has 6 nitrogen and oxygen atoms in total. The zero-order chi connectivity index (χ0) is 30.3. The van der Waals surface area contributed by atoms with Gasteiger partial charge in [0.25, 0.3) is 0 Å². The topological polar surface area (TPSA) is 45.4 Å². The van der Waals surface area contributed by atoms with Crippen molar-refractivity contribution in [2.75, 3.05) is 32.7 Å². The van der Waals surface area contributed by atoms with E-state index in [1.54, 1.807) is 0 Å². The van der Waals surface area contributed by atoms with Gasteiger partial charge in [0, 0.05) is 25.7 Å². The number of rotatable bonds is 10. The van der Waals surface area contributed by atoms with E-state index in [-0.39, 0.29) is 17.8 Å². The average molecular weight is 610 g/mol. The third kappa shape index (κ3) is 6.94. The lowest BCUT2D eigenvalue weighted by atomic mass is 9.92. The molecule has 4 aromatic rings. The SMILES string of the molecule is CCCC1CCN(CCCn2c(=O)n(C3CCN(C(=S)NC(c4ccccc4)c4ccccc4)CC3)c3ccccc32)CC1. The summed E-state index contributed by atoms with van der Waals surface area (Å²) in [7, 11) is 0. The van der Waals surface area contributed by atoms with Crippen LogP contribution in [0, 0.1) is 5.92 Å². The van der Waals surface area contributed by atoms with Gasteiger partial charge < -0.3 is 15.1 Å². The van der Waals surface area contributed by atoms with Crippen molar-refractivity contribution in [2.24, 2.45) is 5.92 Å². The van der Waals surface area contributed by atoms with E-state index < -0.39 is 0 Å². The molecule has 2 fully saturated rings. The molecule has 0 aliphatic carbocycles. The first-order chi connectivity index (χ1) is 21.6. The molecule has 0 saturated carbocycles. The summed E-state index contributed by atoms with van der Waals surface area (Å²) in [5.41, 5.74) is 4.64. The van der Waals surface area contributed by atoms with E-state index in [0.717, 1.165) is 67.5 Å². The van der Waals surface area contributed by atoms with Crippen molar-refractivity contribution in [1.82, 2.24) is 24.3 Å². The quantitative estimate of drug-likeness (QED) is 0.196. The minimum atomic E-state index is -0.00840. The van der Waals surface area contributed by atoms with Gasteiger partial charge in [0.2, 0.25) is 0 Å². The highest BCUT2D eigenvalue weighted by molar-refractivity contribution is 7.80. The van der Waals surface area contributed by atoms with Crippen LogP contribution in [-0.2, 0) is 6.54 Å². The Hall–Kier alpha value is -3.42. The van der Waals surface area contributed by atoms with Crippen LogP contribution in [-0.4, -0.2) is 56.8 Å². The molecule has 0 amide bonds. The highest BCUT2D eigenvalue weighted by Crippen LogP contribution is 2.28. The number of hydrogen-bond acceptors (Lipinski definition) is 3. The Morgan fingerprint density at radius 2 is 1.39 bits per heavy atom. The van der Waals surface area contributed by atoms with Gasteiger partial charge in [0.1, 0.15) is 0 Å². The predicted octanol–water partition coefficient (Wildman–Crippen LogP) is 7.01. The van der Waals surface area contributed by atoms with Gasteiger partial charge >= 0.3 is 5.69 Å². The summed E-state index contributed by atoms with van der Waals surface area (Å²) in [6.45, 7) is 8.20. The summed E-state index contributed by atoms with van der Waals surface area (Å²) in [5, 5.41) is 4.43. The van der Waals surface area contributed by atoms with E-state index in [2.05, 4.69) is 99.4 Å². The standard InChI is InChI=1S/C37H47N5OS/c1-2-12-29-19-25-39(26-20-29)23-11-24-41-33-17-9-10-18-34(33)42(37(41)43)32-21-27-40(28-22-32)36(44)38-35(30-13-5-3-6-14-30)31-15-7-4-8-16-31/h3-10,13-18,29,32,35H,2,11-12,19-28H2,1H3,(H,38,44). The van der Waals surface area contributed by atoms with Crippen molar-refractivity contribution in [3.8, 4) is 0 Å². The summed E-state index contributed by atoms with van der Waals surface area (Å²) in [4.78, 5) is 18.8. The van der Waals surface area contributed by atoms with Gasteiger partial charge in [0.15, 0.2) is 5.11 Å². The van der Waals surface area contributed by atoms with Crippen molar-refractivity contribution in [3.63, 3.8) is 0 Å². The molecule has 2 aliphatic heterocycles. The van der Waals surface area contributed by atoms with E-state index in [1.165, 1.54) is 49.9 Å². The Balaban J connectivity index is 1.10. The van der Waals surface area contributed by atoms with Crippen LogP contribution in [0.3, 0.4) is 0 Å². The number of nitrogens with zero attached hydrogens (tertiary/aromatic N) is 4. The van der Waals surface area contributed by atoms with Crippen LogP contribution in [0.1, 0.15) is 75.1 Å². The van der Waals surface area contributed by atoms with Crippen LogP contribution in [0.5, 0.6) is 0 Å². The molecule has 0 unspecified atom stereocenters. The fourth-order valence-electron chi connectivity index (χ4n) is 7.35. The average Bonchev–Trinajstić information content (AvgIpc) is 3.36. The van der Waals surface area contributed by atoms with Gasteiger partial charge in [-0.05, 0) is 93.1 Å². The third-order valence-electron chi connectivity index (χ3n) is 9.78. The highest BCUT2D eigenvalue weighted by Gasteiger charge is 2.27. The number of para-hydroxylation sites is 2. The fraction of sp³-hybridized carbons (Fsp3) is 0.459. The molecule has 232 valence electrons. The maximum absolute atomic E-state index is 13.9. The number of aryl methyl sites for hydroxylation is 1. The molecule has 0 spiro atoms. The maximum Gasteiger partial charge on any atom is 0.329 e. The Kier molecular flexibility index (Phi) is 10.1. The van der Waals surface area contributed by atoms with Crippen molar-refractivity contribution >= 4 is 28.4 Å². The number of piperidine rings is 2. The summed E-state index contributed by atoms with van der Waals surface area (Å²) >= 11 is 5.97. The normalized spacial score (nSPS) is 17.0. The van der Waals surface area contributed by atoms with Crippen LogP contribution in [0.2, 0.25) is 0 Å². The minimum absolute atomic E-state index is 0.00840. The van der Waals surface area contributed by atoms with Gasteiger partial charge in [-0.25, -0.2) is 4.79 Å². The number of fused-ring (bicyclic) bond motifs is 1. The molecule has 0 atom stereocenters. The summed E-state index contributed by atoms with van der Waals surface area (Å²) < 4.78 is 4.11. The highest BCUT2D eigenvalue weighted by atomic mass is 32.1. The number of aromatic nitrogens is 2. The summed E-state index contributed by atoms with van der Waals surface area (Å²) in [5.74, 6) is 0.905. The van der Waals surface area contributed by atoms with Crippen LogP contribution in [0.25, 0.3) is 11.0 Å². The van der Waals surface area contributed by atoms with Gasteiger partial charge in [-0.3, -0.25) is 9.13 Å². The first-order valence-electron chi connectivity index (χ1n) is 16.7. The van der Waals surface area contributed by atoms with Crippen molar-refractivity contribution < 1.29 is 0 Å². The summed E-state index contributed by atoms with van der Waals surface area (Å²) in [6, 6.07) is 29.5. The van der Waals surface area contributed by atoms with Gasteiger partial charge in [-0.2, -0.15) is 0 Å². The van der Waals surface area contributed by atoms with Crippen LogP contribution < -0.4 is 11.0 Å². The molecule has 0 bridgehead atoms. The monoisotopic (exact) mass is 609 g/mol. The minimum Gasteiger partial charge on any atom is -0.352 e. The number of likely N-dealkylation sites (tertiary alicyclic amines) is 2. The molecule has 6 rings (SSSR count). The fourth-order valence-corrected chi connectivity index (χ4v) is 7.65. The number of nitrogens with one attached hydrogen (secondary N) is 1. The lowest BCUT2D eigenvalue weighted by molar-refractivity contribution is 0.175. The second-order valence-corrected chi connectivity index (χ2v) is 13.0.